The zero-order valence-corrected chi connectivity index (χ0v) is 19.0. The number of aliphatic carboxylic acids is 1. The van der Waals surface area contributed by atoms with E-state index in [0.717, 1.165) is 30.6 Å². The maximum atomic E-state index is 12.4. The zero-order chi connectivity index (χ0) is 23.1. The van der Waals surface area contributed by atoms with Gasteiger partial charge in [0.2, 0.25) is 5.91 Å². The van der Waals surface area contributed by atoms with Crippen LogP contribution < -0.4 is 5.32 Å². The molecule has 172 valence electrons. The Morgan fingerprint density at radius 1 is 1.16 bits per heavy atom. The molecule has 0 aliphatic carbocycles. The minimum absolute atomic E-state index is 0.00734. The van der Waals surface area contributed by atoms with Crippen LogP contribution in [0.15, 0.2) is 54.6 Å². The largest absolute Gasteiger partial charge is 0.508 e. The van der Waals surface area contributed by atoms with Crippen LogP contribution in [0, 0.1) is 5.92 Å². The van der Waals surface area contributed by atoms with Crippen LogP contribution in [0.5, 0.6) is 5.75 Å². The van der Waals surface area contributed by atoms with Gasteiger partial charge in [0.15, 0.2) is 0 Å². The van der Waals surface area contributed by atoms with Crippen LogP contribution in [-0.4, -0.2) is 52.7 Å². The highest BCUT2D eigenvalue weighted by molar-refractivity contribution is 5.80. The molecule has 1 amide bonds. The molecule has 6 nitrogen and oxygen atoms in total. The first-order valence-corrected chi connectivity index (χ1v) is 11.3. The molecule has 0 spiro atoms. The third-order valence-electron chi connectivity index (χ3n) is 6.81. The summed E-state index contributed by atoms with van der Waals surface area (Å²) in [6.07, 6.45) is 1.50. The molecule has 32 heavy (non-hydrogen) atoms. The molecule has 0 saturated carbocycles. The average Bonchev–Trinajstić information content (AvgIpc) is 2.75. The maximum absolute atomic E-state index is 12.4. The quantitative estimate of drug-likeness (QED) is 0.557. The van der Waals surface area contributed by atoms with Crippen LogP contribution in [0.1, 0.15) is 44.2 Å². The molecule has 1 heterocycles. The number of likely N-dealkylation sites (tertiary alicyclic amines) is 1. The number of carboxylic acids is 1. The number of rotatable bonds is 9. The third kappa shape index (κ3) is 6.33. The van der Waals surface area contributed by atoms with Gasteiger partial charge in [0.1, 0.15) is 5.75 Å². The molecule has 2 aromatic carbocycles. The van der Waals surface area contributed by atoms with E-state index in [9.17, 15) is 14.7 Å². The lowest BCUT2D eigenvalue weighted by molar-refractivity contribution is -0.139. The summed E-state index contributed by atoms with van der Waals surface area (Å²) in [6.45, 7) is 7.01. The number of aromatic hydroxyl groups is 1. The van der Waals surface area contributed by atoms with E-state index in [1.54, 1.807) is 6.07 Å². The van der Waals surface area contributed by atoms with Crippen LogP contribution in [0.4, 0.5) is 0 Å². The van der Waals surface area contributed by atoms with E-state index in [1.165, 1.54) is 0 Å². The summed E-state index contributed by atoms with van der Waals surface area (Å²) in [5.41, 5.74) is 2.28. The number of hydrogen-bond acceptors (Lipinski definition) is 4. The molecule has 0 radical (unpaired) electrons. The molecule has 0 aromatic heterocycles. The number of carbonyl (C=O) groups is 2. The summed E-state index contributed by atoms with van der Waals surface area (Å²) in [5, 5.41) is 21.9. The highest BCUT2D eigenvalue weighted by atomic mass is 16.4. The van der Waals surface area contributed by atoms with Crippen molar-refractivity contribution in [3.63, 3.8) is 0 Å². The highest BCUT2D eigenvalue weighted by Crippen LogP contribution is 2.40. The van der Waals surface area contributed by atoms with Crippen molar-refractivity contribution in [1.82, 2.24) is 10.2 Å². The fourth-order valence-electron chi connectivity index (χ4n) is 4.66. The lowest BCUT2D eigenvalue weighted by Crippen LogP contribution is -2.52. The predicted octanol–water partition coefficient (Wildman–Crippen LogP) is 3.58. The van der Waals surface area contributed by atoms with E-state index in [-0.39, 0.29) is 30.2 Å². The second kappa shape index (κ2) is 10.6. The van der Waals surface area contributed by atoms with Crippen LogP contribution in [0.2, 0.25) is 0 Å². The fourth-order valence-corrected chi connectivity index (χ4v) is 4.66. The number of carboxylic acid groups (broad SMARTS) is 1. The summed E-state index contributed by atoms with van der Waals surface area (Å²) >= 11 is 0. The van der Waals surface area contributed by atoms with Gasteiger partial charge in [-0.15, -0.1) is 0 Å². The molecule has 3 rings (SSSR count). The number of piperidine rings is 1. The van der Waals surface area contributed by atoms with E-state index in [0.29, 0.717) is 24.6 Å². The minimum Gasteiger partial charge on any atom is -0.508 e. The maximum Gasteiger partial charge on any atom is 0.303 e. The van der Waals surface area contributed by atoms with E-state index in [1.807, 2.05) is 42.5 Å². The molecule has 1 saturated heterocycles. The average molecular weight is 439 g/mol. The van der Waals surface area contributed by atoms with Crippen LogP contribution >= 0.6 is 0 Å². The SMILES string of the molecule is CC1CN(CC(Cc2ccccc2)NC(=O)CCC(=O)O)CCC1(C)c1cccc(O)c1. The number of nitrogens with one attached hydrogen (secondary N) is 1. The van der Waals surface area contributed by atoms with Gasteiger partial charge in [-0.05, 0) is 54.0 Å². The van der Waals surface area contributed by atoms with Gasteiger partial charge in [0.25, 0.3) is 0 Å². The Kier molecular flexibility index (Phi) is 7.91. The van der Waals surface area contributed by atoms with Crippen molar-refractivity contribution in [1.29, 1.82) is 0 Å². The molecule has 1 aliphatic heterocycles. The zero-order valence-electron chi connectivity index (χ0n) is 19.0. The summed E-state index contributed by atoms with van der Waals surface area (Å²) in [4.78, 5) is 25.6. The number of phenols is 1. The molecule has 3 unspecified atom stereocenters. The summed E-state index contributed by atoms with van der Waals surface area (Å²) in [6, 6.07) is 17.5. The first-order valence-electron chi connectivity index (χ1n) is 11.3. The number of amides is 1. The molecule has 3 N–H and O–H groups in total. The van der Waals surface area contributed by atoms with E-state index in [4.69, 9.17) is 5.11 Å². The van der Waals surface area contributed by atoms with Crippen molar-refractivity contribution in [3.05, 3.63) is 65.7 Å². The van der Waals surface area contributed by atoms with Crippen molar-refractivity contribution >= 4 is 11.9 Å². The molecule has 1 aliphatic rings. The van der Waals surface area contributed by atoms with Gasteiger partial charge in [-0.3, -0.25) is 9.59 Å². The Morgan fingerprint density at radius 3 is 2.56 bits per heavy atom. The van der Waals surface area contributed by atoms with Crippen molar-refractivity contribution < 1.29 is 19.8 Å². The molecule has 1 fully saturated rings. The van der Waals surface area contributed by atoms with Crippen molar-refractivity contribution in [2.24, 2.45) is 5.92 Å². The molecule has 6 heteroatoms. The Morgan fingerprint density at radius 2 is 1.91 bits per heavy atom. The van der Waals surface area contributed by atoms with E-state index in [2.05, 4.69) is 30.1 Å². The van der Waals surface area contributed by atoms with Gasteiger partial charge in [-0.1, -0.05) is 56.3 Å². The van der Waals surface area contributed by atoms with Crippen LogP contribution in [-0.2, 0) is 21.4 Å². The highest BCUT2D eigenvalue weighted by Gasteiger charge is 2.38. The molecular formula is C26H34N2O4. The number of carbonyl (C=O) groups excluding carboxylic acids is 1. The Hall–Kier alpha value is -2.86. The number of nitrogens with zero attached hydrogens (tertiary/aromatic N) is 1. The second-order valence-corrected chi connectivity index (χ2v) is 9.23. The van der Waals surface area contributed by atoms with E-state index >= 15 is 0 Å². The van der Waals surface area contributed by atoms with Crippen molar-refractivity contribution in [3.8, 4) is 5.75 Å². The molecule has 2 aromatic rings. The Balaban J connectivity index is 1.66. The standard InChI is InChI=1S/C26H34N2O4/c1-19-17-28(14-13-26(19,2)21-9-6-10-23(29)16-21)18-22(15-20-7-4-3-5-8-20)27-24(30)11-12-25(31)32/h3-10,16,19,22,29H,11-15,17-18H2,1-2H3,(H,27,30)(H,31,32). The molecule has 0 bridgehead atoms. The van der Waals surface area contributed by atoms with E-state index < -0.39 is 5.97 Å². The predicted molar refractivity (Wildman–Crippen MR) is 125 cm³/mol. The van der Waals surface area contributed by atoms with Gasteiger partial charge in [-0.2, -0.15) is 0 Å². The fraction of sp³-hybridized carbons (Fsp3) is 0.462. The summed E-state index contributed by atoms with van der Waals surface area (Å²) < 4.78 is 0. The number of benzene rings is 2. The third-order valence-corrected chi connectivity index (χ3v) is 6.81. The molecular weight excluding hydrogens is 404 g/mol. The van der Waals surface area contributed by atoms with Crippen LogP contribution in [0.25, 0.3) is 0 Å². The van der Waals surface area contributed by atoms with Gasteiger partial charge in [0, 0.05) is 25.6 Å². The molecule has 3 atom stereocenters. The topological polar surface area (TPSA) is 89.9 Å². The summed E-state index contributed by atoms with van der Waals surface area (Å²) in [7, 11) is 0. The van der Waals surface area contributed by atoms with Gasteiger partial charge < -0.3 is 20.4 Å². The van der Waals surface area contributed by atoms with Gasteiger partial charge in [-0.25, -0.2) is 0 Å². The van der Waals surface area contributed by atoms with Gasteiger partial charge in [0.05, 0.1) is 6.42 Å². The lowest BCUT2D eigenvalue weighted by Gasteiger charge is -2.46. The number of phenolic OH excluding ortho intramolecular Hbond substituents is 1. The van der Waals surface area contributed by atoms with Gasteiger partial charge >= 0.3 is 5.97 Å². The normalized spacial score (nSPS) is 22.2. The van der Waals surface area contributed by atoms with Crippen LogP contribution in [0.3, 0.4) is 0 Å². The Labute approximate surface area is 190 Å². The van der Waals surface area contributed by atoms with Crippen molar-refractivity contribution in [2.75, 3.05) is 19.6 Å². The Bertz CT molecular complexity index is 917. The first kappa shape index (κ1) is 23.8. The first-order chi connectivity index (χ1) is 15.3. The minimum atomic E-state index is -0.962. The van der Waals surface area contributed by atoms with Crippen molar-refractivity contribution in [2.45, 2.75) is 51.0 Å². The lowest BCUT2D eigenvalue weighted by atomic mass is 9.68. The number of hydrogen-bond donors (Lipinski definition) is 3. The second-order valence-electron chi connectivity index (χ2n) is 9.23. The summed E-state index contributed by atoms with van der Waals surface area (Å²) in [5.74, 6) is -0.512. The smallest absolute Gasteiger partial charge is 0.303 e. The monoisotopic (exact) mass is 438 g/mol.